The summed E-state index contributed by atoms with van der Waals surface area (Å²) in [7, 11) is 0. The summed E-state index contributed by atoms with van der Waals surface area (Å²) in [6.45, 7) is 8.29. The van der Waals surface area contributed by atoms with Crippen molar-refractivity contribution < 1.29 is 19.3 Å². The van der Waals surface area contributed by atoms with Crippen LogP contribution in [0.5, 0.6) is 0 Å². The Balaban J connectivity index is 1.47. The third-order valence-corrected chi connectivity index (χ3v) is 7.40. The molecule has 5 rings (SSSR count). The molecule has 0 spiro atoms. The highest BCUT2D eigenvalue weighted by molar-refractivity contribution is 5.12. The summed E-state index contributed by atoms with van der Waals surface area (Å²) >= 11 is 0. The van der Waals surface area contributed by atoms with E-state index in [4.69, 9.17) is 14.2 Å². The Bertz CT molecular complexity index is 496. The van der Waals surface area contributed by atoms with E-state index in [1.54, 1.807) is 0 Å². The van der Waals surface area contributed by atoms with Crippen LogP contribution in [0.2, 0.25) is 0 Å². The maximum Gasteiger partial charge on any atom is 0.114 e. The zero-order valence-electron chi connectivity index (χ0n) is 14.9. The Morgan fingerprint density at radius 2 is 1.83 bits per heavy atom. The Morgan fingerprint density at radius 3 is 2.62 bits per heavy atom. The summed E-state index contributed by atoms with van der Waals surface area (Å²) in [4.78, 5) is 2.51. The molecule has 0 radical (unpaired) electrons. The molecule has 136 valence electrons. The molecule has 5 heteroatoms. The lowest BCUT2D eigenvalue weighted by Gasteiger charge is -2.36. The van der Waals surface area contributed by atoms with E-state index in [2.05, 4.69) is 18.7 Å². The quantitative estimate of drug-likeness (QED) is 0.734. The molecule has 4 aliphatic heterocycles. The topological polar surface area (TPSA) is 54.5 Å². The number of hydrogen-bond donors (Lipinski definition) is 1. The molecule has 4 saturated heterocycles. The van der Waals surface area contributed by atoms with Crippen LogP contribution in [0.4, 0.5) is 0 Å². The molecule has 5 nitrogen and oxygen atoms in total. The molecule has 24 heavy (non-hydrogen) atoms. The summed E-state index contributed by atoms with van der Waals surface area (Å²) in [5.41, 5.74) is -0.221. The third kappa shape index (κ3) is 2.39. The number of rotatable bonds is 1. The van der Waals surface area contributed by atoms with Crippen LogP contribution in [0.1, 0.15) is 39.5 Å². The molecule has 0 aromatic heterocycles. The maximum atomic E-state index is 11.2. The fraction of sp³-hybridized carbons (Fsp3) is 1.00. The molecule has 1 aliphatic carbocycles. The zero-order chi connectivity index (χ0) is 16.5. The summed E-state index contributed by atoms with van der Waals surface area (Å²) in [6, 6.07) is 0.193. The van der Waals surface area contributed by atoms with Crippen LogP contribution in [0.3, 0.4) is 0 Å². The van der Waals surface area contributed by atoms with Crippen LogP contribution < -0.4 is 0 Å². The van der Waals surface area contributed by atoms with Gasteiger partial charge in [-0.15, -0.1) is 0 Å². The zero-order valence-corrected chi connectivity index (χ0v) is 14.9. The largest absolute Gasteiger partial charge is 0.389 e. The molecule has 9 atom stereocenters. The average Bonchev–Trinajstić information content (AvgIpc) is 3.03. The standard InChI is InChI=1S/C19H31NO4/c1-11-9-22-14-8-19(2)18(24-19)17(21)16(20-5-3-4-6-20)12-7-13(15(11)14)23-10-12/h11-18,21H,3-10H2,1-2H3. The first-order valence-electron chi connectivity index (χ1n) is 9.90. The van der Waals surface area contributed by atoms with Gasteiger partial charge in [0.1, 0.15) is 6.10 Å². The normalized spacial score (nSPS) is 57.6. The van der Waals surface area contributed by atoms with Gasteiger partial charge < -0.3 is 19.3 Å². The van der Waals surface area contributed by atoms with Crippen molar-refractivity contribution in [3.05, 3.63) is 0 Å². The van der Waals surface area contributed by atoms with Crippen LogP contribution >= 0.6 is 0 Å². The van der Waals surface area contributed by atoms with Crippen molar-refractivity contribution in [3.8, 4) is 0 Å². The number of hydrogen-bond acceptors (Lipinski definition) is 5. The van der Waals surface area contributed by atoms with E-state index in [0.717, 1.165) is 39.1 Å². The lowest BCUT2D eigenvalue weighted by atomic mass is 9.76. The number of aliphatic hydroxyl groups excluding tert-OH is 1. The Kier molecular flexibility index (Phi) is 3.77. The molecule has 9 unspecified atom stereocenters. The van der Waals surface area contributed by atoms with Gasteiger partial charge in [0.05, 0.1) is 30.5 Å². The van der Waals surface area contributed by atoms with Crippen molar-refractivity contribution >= 4 is 0 Å². The maximum absolute atomic E-state index is 11.2. The lowest BCUT2D eigenvalue weighted by Crippen LogP contribution is -2.51. The number of epoxide rings is 1. The molecular weight excluding hydrogens is 306 g/mol. The van der Waals surface area contributed by atoms with Crippen molar-refractivity contribution in [2.24, 2.45) is 17.8 Å². The molecule has 1 N–H and O–H groups in total. The number of aliphatic hydroxyl groups is 1. The van der Waals surface area contributed by atoms with Gasteiger partial charge in [-0.3, -0.25) is 4.90 Å². The molecule has 5 aliphatic rings. The van der Waals surface area contributed by atoms with Gasteiger partial charge in [-0.1, -0.05) is 6.92 Å². The van der Waals surface area contributed by atoms with Gasteiger partial charge in [0.15, 0.2) is 0 Å². The number of nitrogens with zero attached hydrogens (tertiary/aromatic N) is 1. The molecule has 1 saturated carbocycles. The molecule has 0 aromatic rings. The number of fused-ring (bicyclic) bond motifs is 5. The van der Waals surface area contributed by atoms with Crippen LogP contribution in [0.25, 0.3) is 0 Å². The van der Waals surface area contributed by atoms with Crippen molar-refractivity contribution in [3.63, 3.8) is 0 Å². The molecule has 0 aromatic carbocycles. The van der Waals surface area contributed by atoms with E-state index in [9.17, 15) is 5.11 Å². The summed E-state index contributed by atoms with van der Waals surface area (Å²) in [6.07, 6.45) is 4.51. The van der Waals surface area contributed by atoms with E-state index >= 15 is 0 Å². The average molecular weight is 337 g/mol. The van der Waals surface area contributed by atoms with Crippen molar-refractivity contribution in [2.45, 2.75) is 75.6 Å². The highest BCUT2D eigenvalue weighted by Gasteiger charge is 2.63. The van der Waals surface area contributed by atoms with E-state index < -0.39 is 6.10 Å². The van der Waals surface area contributed by atoms with Crippen molar-refractivity contribution in [1.82, 2.24) is 4.90 Å². The summed E-state index contributed by atoms with van der Waals surface area (Å²) < 4.78 is 18.5. The minimum absolute atomic E-state index is 0.0413. The van der Waals surface area contributed by atoms with E-state index in [-0.39, 0.29) is 30.0 Å². The monoisotopic (exact) mass is 337 g/mol. The van der Waals surface area contributed by atoms with Crippen LogP contribution in [-0.4, -0.2) is 72.4 Å². The fourth-order valence-electron chi connectivity index (χ4n) is 6.12. The van der Waals surface area contributed by atoms with Gasteiger partial charge >= 0.3 is 0 Å². The molecule has 2 bridgehead atoms. The second-order valence-electron chi connectivity index (χ2n) is 9.07. The first kappa shape index (κ1) is 16.0. The first-order valence-corrected chi connectivity index (χ1v) is 9.90. The highest BCUT2D eigenvalue weighted by Crippen LogP contribution is 2.51. The van der Waals surface area contributed by atoms with Gasteiger partial charge in [-0.25, -0.2) is 0 Å². The predicted molar refractivity (Wildman–Crippen MR) is 88.7 cm³/mol. The number of ether oxygens (including phenoxy) is 3. The van der Waals surface area contributed by atoms with Gasteiger partial charge in [0.2, 0.25) is 0 Å². The lowest BCUT2D eigenvalue weighted by molar-refractivity contribution is -0.00449. The Labute approximate surface area is 144 Å². The first-order chi connectivity index (χ1) is 11.6. The molecule has 0 amide bonds. The van der Waals surface area contributed by atoms with Crippen LogP contribution in [0.15, 0.2) is 0 Å². The number of likely N-dealkylation sites (tertiary alicyclic amines) is 1. The van der Waals surface area contributed by atoms with Crippen LogP contribution in [-0.2, 0) is 14.2 Å². The Hall–Kier alpha value is -0.200. The van der Waals surface area contributed by atoms with Crippen molar-refractivity contribution in [2.75, 3.05) is 26.3 Å². The van der Waals surface area contributed by atoms with E-state index in [1.165, 1.54) is 12.8 Å². The second-order valence-corrected chi connectivity index (χ2v) is 9.07. The molecule has 4 heterocycles. The molecule has 5 fully saturated rings. The smallest absolute Gasteiger partial charge is 0.114 e. The summed E-state index contributed by atoms with van der Waals surface area (Å²) in [5.74, 6) is 1.45. The molecular formula is C19H31NO4. The predicted octanol–water partition coefficient (Wildman–Crippen LogP) is 1.43. The van der Waals surface area contributed by atoms with Crippen molar-refractivity contribution in [1.29, 1.82) is 0 Å². The summed E-state index contributed by atoms with van der Waals surface area (Å²) in [5, 5.41) is 11.2. The van der Waals surface area contributed by atoms with Gasteiger partial charge in [-0.2, -0.15) is 0 Å². The minimum atomic E-state index is -0.407. The van der Waals surface area contributed by atoms with Gasteiger partial charge in [0.25, 0.3) is 0 Å². The highest BCUT2D eigenvalue weighted by atomic mass is 16.6. The van der Waals surface area contributed by atoms with Gasteiger partial charge in [0, 0.05) is 30.9 Å². The Morgan fingerprint density at radius 1 is 1.08 bits per heavy atom. The van der Waals surface area contributed by atoms with Gasteiger partial charge in [-0.05, 0) is 45.2 Å². The minimum Gasteiger partial charge on any atom is -0.389 e. The van der Waals surface area contributed by atoms with E-state index in [1.807, 2.05) is 0 Å². The van der Waals surface area contributed by atoms with E-state index in [0.29, 0.717) is 17.8 Å². The second kappa shape index (κ2) is 5.65. The van der Waals surface area contributed by atoms with Crippen LogP contribution in [0, 0.1) is 17.8 Å². The third-order valence-electron chi connectivity index (χ3n) is 7.40. The fourth-order valence-corrected chi connectivity index (χ4v) is 6.12. The SMILES string of the molecule is CC1COC2CC3(C)OC3C(O)C(N3CCCC3)C3COC(C3)C12.